The molecule has 0 spiro atoms. The standard InChI is InChI=1S/C22H21NO5/c1-14-20(22(25)28-4)19(13-15-5-9-17(26-2)10-6-15)21(24)23(14)16-7-11-18(27-3)12-8-16/h5-13H,1-4H3/b19-13-. The lowest BCUT2D eigenvalue weighted by Gasteiger charge is -2.18. The van der Waals surface area contributed by atoms with Crippen LogP contribution in [0, 0.1) is 0 Å². The van der Waals surface area contributed by atoms with Gasteiger partial charge >= 0.3 is 5.97 Å². The second-order valence-electron chi connectivity index (χ2n) is 6.12. The van der Waals surface area contributed by atoms with Crippen molar-refractivity contribution in [3.8, 4) is 11.5 Å². The van der Waals surface area contributed by atoms with Gasteiger partial charge in [-0.2, -0.15) is 0 Å². The molecular formula is C22H21NO5. The molecule has 3 rings (SSSR count). The Kier molecular flexibility index (Phi) is 5.49. The van der Waals surface area contributed by atoms with Crippen LogP contribution in [0.1, 0.15) is 12.5 Å². The summed E-state index contributed by atoms with van der Waals surface area (Å²) in [6.45, 7) is 1.73. The maximum absolute atomic E-state index is 13.2. The zero-order chi connectivity index (χ0) is 20.3. The molecule has 1 aliphatic heterocycles. The van der Waals surface area contributed by atoms with Crippen molar-refractivity contribution in [2.45, 2.75) is 6.92 Å². The van der Waals surface area contributed by atoms with E-state index >= 15 is 0 Å². The van der Waals surface area contributed by atoms with Crippen LogP contribution in [0.15, 0.2) is 65.4 Å². The van der Waals surface area contributed by atoms with Crippen molar-refractivity contribution < 1.29 is 23.8 Å². The fraction of sp³-hybridized carbons (Fsp3) is 0.182. The molecule has 0 unspecified atom stereocenters. The largest absolute Gasteiger partial charge is 0.497 e. The summed E-state index contributed by atoms with van der Waals surface area (Å²) >= 11 is 0. The average molecular weight is 379 g/mol. The number of hydrogen-bond donors (Lipinski definition) is 0. The highest BCUT2D eigenvalue weighted by molar-refractivity contribution is 6.23. The molecule has 144 valence electrons. The van der Waals surface area contributed by atoms with E-state index in [1.165, 1.54) is 12.0 Å². The Labute approximate surface area is 163 Å². The lowest BCUT2D eigenvalue weighted by molar-refractivity contribution is -0.136. The number of allylic oxidation sites excluding steroid dienone is 1. The summed E-state index contributed by atoms with van der Waals surface area (Å²) in [6, 6.07) is 14.3. The number of anilines is 1. The van der Waals surface area contributed by atoms with Gasteiger partial charge in [-0.15, -0.1) is 0 Å². The first-order valence-corrected chi connectivity index (χ1v) is 8.64. The first-order valence-electron chi connectivity index (χ1n) is 8.64. The minimum absolute atomic E-state index is 0.249. The van der Waals surface area contributed by atoms with Crippen LogP contribution in [0.2, 0.25) is 0 Å². The summed E-state index contributed by atoms with van der Waals surface area (Å²) in [6.07, 6.45) is 1.68. The van der Waals surface area contributed by atoms with E-state index in [0.29, 0.717) is 22.9 Å². The number of rotatable bonds is 5. The predicted octanol–water partition coefficient (Wildman–Crippen LogP) is 3.58. The van der Waals surface area contributed by atoms with Crippen LogP contribution >= 0.6 is 0 Å². The second-order valence-corrected chi connectivity index (χ2v) is 6.12. The number of benzene rings is 2. The number of carbonyl (C=O) groups excluding carboxylic acids is 2. The molecule has 28 heavy (non-hydrogen) atoms. The molecule has 0 radical (unpaired) electrons. The molecule has 1 heterocycles. The number of esters is 1. The summed E-state index contributed by atoms with van der Waals surface area (Å²) < 4.78 is 15.2. The molecule has 2 aromatic carbocycles. The minimum Gasteiger partial charge on any atom is -0.497 e. The third-order valence-corrected chi connectivity index (χ3v) is 4.55. The number of carbonyl (C=O) groups is 2. The molecule has 0 saturated carbocycles. The lowest BCUT2D eigenvalue weighted by atomic mass is 10.0. The Hall–Kier alpha value is -3.54. The summed E-state index contributed by atoms with van der Waals surface area (Å²) in [5.74, 6) is 0.541. The van der Waals surface area contributed by atoms with Crippen LogP contribution in [-0.2, 0) is 14.3 Å². The summed E-state index contributed by atoms with van der Waals surface area (Å²) in [5.41, 5.74) is 2.46. The monoisotopic (exact) mass is 379 g/mol. The van der Waals surface area contributed by atoms with Gasteiger partial charge in [0.1, 0.15) is 11.5 Å². The highest BCUT2D eigenvalue weighted by atomic mass is 16.5. The zero-order valence-electron chi connectivity index (χ0n) is 16.2. The van der Waals surface area contributed by atoms with Crippen LogP contribution < -0.4 is 14.4 Å². The predicted molar refractivity (Wildman–Crippen MR) is 106 cm³/mol. The molecule has 0 fully saturated rings. The van der Waals surface area contributed by atoms with Crippen molar-refractivity contribution in [3.05, 3.63) is 70.9 Å². The topological polar surface area (TPSA) is 65.1 Å². The molecule has 1 amide bonds. The van der Waals surface area contributed by atoms with Crippen molar-refractivity contribution in [1.29, 1.82) is 0 Å². The molecule has 6 nitrogen and oxygen atoms in total. The molecule has 1 aliphatic rings. The number of hydrogen-bond acceptors (Lipinski definition) is 5. The van der Waals surface area contributed by atoms with Crippen LogP contribution in [0.5, 0.6) is 11.5 Å². The van der Waals surface area contributed by atoms with Gasteiger partial charge in [-0.3, -0.25) is 9.69 Å². The Balaban J connectivity index is 2.07. The summed E-state index contributed by atoms with van der Waals surface area (Å²) in [5, 5.41) is 0. The van der Waals surface area contributed by atoms with Gasteiger partial charge in [0.25, 0.3) is 5.91 Å². The summed E-state index contributed by atoms with van der Waals surface area (Å²) in [4.78, 5) is 27.1. The van der Waals surface area contributed by atoms with Gasteiger partial charge in [0.2, 0.25) is 0 Å². The fourth-order valence-corrected chi connectivity index (χ4v) is 3.09. The molecule has 0 atom stereocenters. The lowest BCUT2D eigenvalue weighted by Crippen LogP contribution is -2.24. The molecule has 0 aromatic heterocycles. The number of methoxy groups -OCH3 is 3. The fourth-order valence-electron chi connectivity index (χ4n) is 3.09. The van der Waals surface area contributed by atoms with Crippen LogP contribution in [-0.4, -0.2) is 33.2 Å². The van der Waals surface area contributed by atoms with E-state index in [9.17, 15) is 9.59 Å². The van der Waals surface area contributed by atoms with Gasteiger partial charge < -0.3 is 14.2 Å². The molecule has 0 N–H and O–H groups in total. The van der Waals surface area contributed by atoms with E-state index in [-0.39, 0.29) is 17.1 Å². The van der Waals surface area contributed by atoms with Gasteiger partial charge in [0, 0.05) is 11.4 Å². The van der Waals surface area contributed by atoms with Crippen LogP contribution in [0.25, 0.3) is 6.08 Å². The van der Waals surface area contributed by atoms with E-state index < -0.39 is 5.97 Å². The third-order valence-electron chi connectivity index (χ3n) is 4.55. The normalized spacial score (nSPS) is 15.2. The Morgan fingerprint density at radius 2 is 1.43 bits per heavy atom. The third kappa shape index (κ3) is 3.49. The van der Waals surface area contributed by atoms with Crippen molar-refractivity contribution in [3.63, 3.8) is 0 Å². The van der Waals surface area contributed by atoms with Gasteiger partial charge in [-0.1, -0.05) is 12.1 Å². The maximum atomic E-state index is 13.2. The number of nitrogens with zero attached hydrogens (tertiary/aromatic N) is 1. The van der Waals surface area contributed by atoms with Crippen molar-refractivity contribution in [2.75, 3.05) is 26.2 Å². The highest BCUT2D eigenvalue weighted by Gasteiger charge is 2.37. The van der Waals surface area contributed by atoms with Gasteiger partial charge in [0.05, 0.1) is 32.5 Å². The maximum Gasteiger partial charge on any atom is 0.340 e. The van der Waals surface area contributed by atoms with Crippen molar-refractivity contribution in [2.24, 2.45) is 0 Å². The molecule has 0 aliphatic carbocycles. The van der Waals surface area contributed by atoms with Crippen molar-refractivity contribution >= 4 is 23.6 Å². The van der Waals surface area contributed by atoms with Gasteiger partial charge in [-0.25, -0.2) is 4.79 Å². The first kappa shape index (κ1) is 19.2. The number of amides is 1. The Morgan fingerprint density at radius 1 is 0.893 bits per heavy atom. The Morgan fingerprint density at radius 3 is 1.93 bits per heavy atom. The molecule has 0 saturated heterocycles. The Bertz CT molecular complexity index is 955. The first-order chi connectivity index (χ1) is 13.5. The second kappa shape index (κ2) is 8.00. The SMILES string of the molecule is COC(=O)C1=C(C)N(c2ccc(OC)cc2)C(=O)/C1=C\c1ccc(OC)cc1. The smallest absolute Gasteiger partial charge is 0.340 e. The van der Waals surface area contributed by atoms with E-state index in [2.05, 4.69) is 0 Å². The van der Waals surface area contributed by atoms with E-state index in [1.807, 2.05) is 12.1 Å². The van der Waals surface area contributed by atoms with Gasteiger partial charge in [-0.05, 0) is 55.0 Å². The average Bonchev–Trinajstić information content (AvgIpc) is 2.97. The van der Waals surface area contributed by atoms with Crippen LogP contribution in [0.3, 0.4) is 0 Å². The van der Waals surface area contributed by atoms with E-state index in [1.54, 1.807) is 63.6 Å². The summed E-state index contributed by atoms with van der Waals surface area (Å²) in [7, 11) is 4.46. The highest BCUT2D eigenvalue weighted by Crippen LogP contribution is 2.36. The van der Waals surface area contributed by atoms with Crippen LogP contribution in [0.4, 0.5) is 5.69 Å². The zero-order valence-corrected chi connectivity index (χ0v) is 16.2. The molecule has 6 heteroatoms. The molecular weight excluding hydrogens is 358 g/mol. The molecule has 2 aromatic rings. The quantitative estimate of drug-likeness (QED) is 0.587. The van der Waals surface area contributed by atoms with Crippen molar-refractivity contribution in [1.82, 2.24) is 0 Å². The van der Waals surface area contributed by atoms with E-state index in [0.717, 1.165) is 5.56 Å². The van der Waals surface area contributed by atoms with E-state index in [4.69, 9.17) is 14.2 Å². The minimum atomic E-state index is -0.554. The van der Waals surface area contributed by atoms with Gasteiger partial charge in [0.15, 0.2) is 0 Å². The molecule has 0 bridgehead atoms. The number of ether oxygens (including phenoxy) is 3.